The van der Waals surface area contributed by atoms with Crippen LogP contribution in [0.5, 0.6) is 0 Å². The molecule has 0 aromatic carbocycles. The van der Waals surface area contributed by atoms with Gasteiger partial charge in [0.15, 0.2) is 0 Å². The van der Waals surface area contributed by atoms with Crippen LogP contribution in [0.2, 0.25) is 0 Å². The van der Waals surface area contributed by atoms with E-state index in [1.54, 1.807) is 0 Å². The van der Waals surface area contributed by atoms with Crippen LogP contribution in [-0.2, 0) is 10.1 Å². The summed E-state index contributed by atoms with van der Waals surface area (Å²) < 4.78 is 26.5. The average molecular weight is 151 g/mol. The molecule has 0 unspecified atom stereocenters. The number of nitrogens with two attached hydrogens (primary N) is 1. The first kappa shape index (κ1) is 11.3. The summed E-state index contributed by atoms with van der Waals surface area (Å²) in [6.45, 7) is 0. The molecule has 4 nitrogen and oxygen atoms in total. The van der Waals surface area contributed by atoms with Gasteiger partial charge >= 0.3 is 51.4 Å². The molecule has 0 aliphatic carbocycles. The number of rotatable bonds is 1. The zero-order valence-electron chi connectivity index (χ0n) is 4.96. The fourth-order valence-corrected chi connectivity index (χ4v) is 0. The van der Waals surface area contributed by atoms with Crippen molar-refractivity contribution in [2.24, 2.45) is 5.73 Å². The molecule has 0 aliphatic heterocycles. The average Bonchev–Trinajstić information content (AvgIpc) is 1.35. The van der Waals surface area contributed by atoms with E-state index >= 15 is 0 Å². The molecule has 0 amide bonds. The van der Waals surface area contributed by atoms with Crippen molar-refractivity contribution in [3.63, 3.8) is 0 Å². The van der Waals surface area contributed by atoms with Crippen LogP contribution in [0.3, 0.4) is 0 Å². The SMILES string of the molecule is NCS(=O)(=O)O.[H-].[K+]. The van der Waals surface area contributed by atoms with Gasteiger partial charge in [-0.25, -0.2) is 0 Å². The Morgan fingerprint density at radius 2 is 1.86 bits per heavy atom. The first-order valence-electron chi connectivity index (χ1n) is 1.21. The van der Waals surface area contributed by atoms with Gasteiger partial charge in [-0.2, -0.15) is 8.42 Å². The molecule has 0 rings (SSSR count). The summed E-state index contributed by atoms with van der Waals surface area (Å²) >= 11 is 0. The van der Waals surface area contributed by atoms with E-state index in [4.69, 9.17) is 4.55 Å². The molecule has 0 radical (unpaired) electrons. The van der Waals surface area contributed by atoms with Crippen LogP contribution in [0.1, 0.15) is 1.43 Å². The van der Waals surface area contributed by atoms with Crippen LogP contribution in [0.25, 0.3) is 0 Å². The van der Waals surface area contributed by atoms with Crippen molar-refractivity contribution in [1.82, 2.24) is 0 Å². The predicted octanol–water partition coefficient (Wildman–Crippen LogP) is -4.09. The molecular weight excluding hydrogens is 145 g/mol. The summed E-state index contributed by atoms with van der Waals surface area (Å²) in [6, 6.07) is 0. The molecule has 0 aliphatic rings. The van der Waals surface area contributed by atoms with Crippen molar-refractivity contribution in [3.8, 4) is 0 Å². The van der Waals surface area contributed by atoms with Gasteiger partial charge < -0.3 is 7.16 Å². The Labute approximate surface area is 86.1 Å². The Kier molecular flexibility index (Phi) is 7.10. The zero-order chi connectivity index (χ0) is 5.21. The van der Waals surface area contributed by atoms with Gasteiger partial charge in [0.1, 0.15) is 5.88 Å². The minimum atomic E-state index is -3.88. The van der Waals surface area contributed by atoms with Crippen LogP contribution in [0, 0.1) is 0 Å². The van der Waals surface area contributed by atoms with Gasteiger partial charge in [-0.1, -0.05) is 0 Å². The second kappa shape index (κ2) is 4.39. The van der Waals surface area contributed by atoms with Gasteiger partial charge in [0, 0.05) is 0 Å². The molecule has 0 saturated carbocycles. The van der Waals surface area contributed by atoms with Crippen LogP contribution >= 0.6 is 0 Å². The third-order valence-electron chi connectivity index (χ3n) is 0.211. The van der Waals surface area contributed by atoms with Crippen molar-refractivity contribution >= 4 is 10.1 Å². The molecule has 0 aromatic rings. The first-order chi connectivity index (χ1) is 2.56. The molecule has 0 spiro atoms. The second-order valence-electron chi connectivity index (χ2n) is 0.749. The standard InChI is InChI=1S/CH5NO3S.K.H/c2-1-6(3,4)5;;/h1-2H2,(H,3,4,5);;/q;+1;-1. The van der Waals surface area contributed by atoms with Gasteiger partial charge in [0.25, 0.3) is 10.1 Å². The largest absolute Gasteiger partial charge is 1.00 e. The van der Waals surface area contributed by atoms with E-state index in [2.05, 4.69) is 5.73 Å². The molecule has 7 heavy (non-hydrogen) atoms. The quantitative estimate of drug-likeness (QED) is 0.295. The van der Waals surface area contributed by atoms with E-state index in [1.165, 1.54) is 0 Å². The van der Waals surface area contributed by atoms with E-state index < -0.39 is 16.0 Å². The maximum atomic E-state index is 9.43. The van der Waals surface area contributed by atoms with Gasteiger partial charge in [-0.05, 0) is 0 Å². The van der Waals surface area contributed by atoms with Gasteiger partial charge in [-0.3, -0.25) is 4.55 Å². The topological polar surface area (TPSA) is 80.4 Å². The zero-order valence-corrected chi connectivity index (χ0v) is 7.90. The van der Waals surface area contributed by atoms with E-state index in [-0.39, 0.29) is 52.8 Å². The Hall–Kier alpha value is 1.51. The molecule has 0 aromatic heterocycles. The van der Waals surface area contributed by atoms with E-state index in [0.717, 1.165) is 0 Å². The van der Waals surface area contributed by atoms with Crippen LogP contribution in [-0.4, -0.2) is 18.8 Å². The van der Waals surface area contributed by atoms with Crippen molar-refractivity contribution in [2.45, 2.75) is 0 Å². The maximum absolute atomic E-state index is 9.43. The third-order valence-corrected chi connectivity index (χ3v) is 0.632. The van der Waals surface area contributed by atoms with Gasteiger partial charge in [-0.15, -0.1) is 0 Å². The van der Waals surface area contributed by atoms with Crippen molar-refractivity contribution < 1.29 is 65.8 Å². The molecule has 0 atom stereocenters. The van der Waals surface area contributed by atoms with Crippen LogP contribution < -0.4 is 57.1 Å². The summed E-state index contributed by atoms with van der Waals surface area (Å²) in [5.41, 5.74) is 4.47. The Bertz CT molecular complexity index is 121. The molecule has 0 bridgehead atoms. The second-order valence-corrected chi connectivity index (χ2v) is 2.25. The fourth-order valence-electron chi connectivity index (χ4n) is 0. The first-order valence-corrected chi connectivity index (χ1v) is 2.82. The van der Waals surface area contributed by atoms with Gasteiger partial charge in [0.2, 0.25) is 0 Å². The van der Waals surface area contributed by atoms with E-state index in [0.29, 0.717) is 0 Å². The molecule has 40 valence electrons. The number of hydrogen-bond donors (Lipinski definition) is 2. The van der Waals surface area contributed by atoms with Crippen molar-refractivity contribution in [2.75, 3.05) is 5.88 Å². The normalized spacial score (nSPS) is 10.0. The summed E-state index contributed by atoms with van der Waals surface area (Å²) in [6.07, 6.45) is 0. The van der Waals surface area contributed by atoms with Crippen molar-refractivity contribution in [1.29, 1.82) is 0 Å². The molecule has 3 N–H and O–H groups in total. The summed E-state index contributed by atoms with van der Waals surface area (Å²) in [5, 5.41) is 0. The Balaban J connectivity index is -0.000000125. The minimum Gasteiger partial charge on any atom is -1.00 e. The van der Waals surface area contributed by atoms with Crippen LogP contribution in [0.4, 0.5) is 0 Å². The molecule has 0 fully saturated rings. The minimum absolute atomic E-state index is 0. The summed E-state index contributed by atoms with van der Waals surface area (Å²) in [7, 11) is -3.88. The fraction of sp³-hybridized carbons (Fsp3) is 1.00. The molecule has 6 heteroatoms. The molecule has 0 saturated heterocycles. The monoisotopic (exact) mass is 151 g/mol. The smallest absolute Gasteiger partial charge is 1.00 e. The van der Waals surface area contributed by atoms with Crippen molar-refractivity contribution in [3.05, 3.63) is 0 Å². The maximum Gasteiger partial charge on any atom is 1.00 e. The van der Waals surface area contributed by atoms with Gasteiger partial charge in [0.05, 0.1) is 0 Å². The molecule has 0 heterocycles. The van der Waals surface area contributed by atoms with E-state index in [1.807, 2.05) is 0 Å². The molecular formula is CH6KNO3S. The third kappa shape index (κ3) is 11.2. The Morgan fingerprint density at radius 3 is 1.86 bits per heavy atom. The summed E-state index contributed by atoms with van der Waals surface area (Å²) in [4.78, 5) is 0. The Morgan fingerprint density at radius 1 is 1.71 bits per heavy atom. The predicted molar refractivity (Wildman–Crippen MR) is 21.7 cm³/mol. The van der Waals surface area contributed by atoms with Crippen LogP contribution in [0.15, 0.2) is 0 Å². The summed E-state index contributed by atoms with van der Waals surface area (Å²) in [5.74, 6) is -0.701. The number of hydrogen-bond acceptors (Lipinski definition) is 3. The van der Waals surface area contributed by atoms with E-state index in [9.17, 15) is 8.42 Å².